The van der Waals surface area contributed by atoms with Gasteiger partial charge in [-0.1, -0.05) is 88.8 Å². The molecule has 0 N–H and O–H groups in total. The Balaban J connectivity index is 1.70. The van der Waals surface area contributed by atoms with Crippen LogP contribution in [-0.4, -0.2) is 0 Å². The largest absolute Gasteiger partial charge is 0.0857 e. The molecule has 1 aromatic rings. The molecule has 0 aromatic heterocycles. The summed E-state index contributed by atoms with van der Waals surface area (Å²) in [6.45, 7) is 13.9. The van der Waals surface area contributed by atoms with Gasteiger partial charge in [-0.15, -0.1) is 0 Å². The predicted molar refractivity (Wildman–Crippen MR) is 126 cm³/mol. The number of benzene rings is 1. The molecule has 0 saturated heterocycles. The Bertz CT molecular complexity index is 595. The van der Waals surface area contributed by atoms with Gasteiger partial charge in [0.1, 0.15) is 0 Å². The lowest BCUT2D eigenvalue weighted by Gasteiger charge is -2.27. The Labute approximate surface area is 175 Å². The van der Waals surface area contributed by atoms with Crippen LogP contribution < -0.4 is 0 Å². The van der Waals surface area contributed by atoms with Crippen LogP contribution in [-0.2, 0) is 0 Å². The van der Waals surface area contributed by atoms with Gasteiger partial charge in [0, 0.05) is 0 Å². The molecule has 1 aromatic carbocycles. The zero-order valence-corrected chi connectivity index (χ0v) is 19.3. The third-order valence-corrected chi connectivity index (χ3v) is 6.81. The maximum absolute atomic E-state index is 2.54. The van der Waals surface area contributed by atoms with Gasteiger partial charge in [-0.2, -0.15) is 0 Å². The van der Waals surface area contributed by atoms with Gasteiger partial charge in [0.25, 0.3) is 0 Å². The summed E-state index contributed by atoms with van der Waals surface area (Å²) in [4.78, 5) is 0. The van der Waals surface area contributed by atoms with Crippen molar-refractivity contribution in [2.24, 2.45) is 29.6 Å². The van der Waals surface area contributed by atoms with Crippen LogP contribution in [0.15, 0.2) is 48.6 Å². The van der Waals surface area contributed by atoms with Gasteiger partial charge in [-0.25, -0.2) is 0 Å². The summed E-state index contributed by atoms with van der Waals surface area (Å²) in [5.74, 6) is 4.42. The molecule has 156 valence electrons. The lowest BCUT2D eigenvalue weighted by molar-refractivity contribution is 0.371. The number of rotatable bonds is 9. The van der Waals surface area contributed by atoms with Crippen molar-refractivity contribution in [2.75, 3.05) is 0 Å². The fourth-order valence-corrected chi connectivity index (χ4v) is 4.30. The number of aryl methyl sites for hydroxylation is 1. The van der Waals surface area contributed by atoms with Gasteiger partial charge in [0.05, 0.1) is 0 Å². The van der Waals surface area contributed by atoms with Gasteiger partial charge >= 0.3 is 0 Å². The van der Waals surface area contributed by atoms with E-state index < -0.39 is 0 Å². The standard InChI is InChI=1S/C28H44/c1-21(2)7-12-24(5)25(6)13-8-22(3)9-14-26-15-19-28(20-16-26)27-17-10-23(4)11-18-27/h7,9-12,14,17-18,21-22,24-26,28H,8,13,15-16,19-20H2,1-6H3/b12-7-,14-9+. The van der Waals surface area contributed by atoms with Crippen LogP contribution >= 0.6 is 0 Å². The normalized spacial score (nSPS) is 24.1. The van der Waals surface area contributed by atoms with E-state index >= 15 is 0 Å². The first-order valence-corrected chi connectivity index (χ1v) is 11.8. The summed E-state index contributed by atoms with van der Waals surface area (Å²) >= 11 is 0. The summed E-state index contributed by atoms with van der Waals surface area (Å²) in [7, 11) is 0. The van der Waals surface area contributed by atoms with Crippen molar-refractivity contribution in [3.8, 4) is 0 Å². The highest BCUT2D eigenvalue weighted by Gasteiger charge is 2.21. The second kappa shape index (κ2) is 11.6. The van der Waals surface area contributed by atoms with Crippen LogP contribution in [0.5, 0.6) is 0 Å². The van der Waals surface area contributed by atoms with Crippen molar-refractivity contribution >= 4 is 0 Å². The van der Waals surface area contributed by atoms with E-state index in [0.717, 1.165) is 17.8 Å². The SMILES string of the molecule is Cc1ccc(C2CCC(/C=C/C(C)CCC(C)C(C)/C=C\C(C)C)CC2)cc1. The first-order valence-electron chi connectivity index (χ1n) is 11.8. The first-order chi connectivity index (χ1) is 13.3. The van der Waals surface area contributed by atoms with Crippen molar-refractivity contribution < 1.29 is 0 Å². The molecule has 0 heterocycles. The topological polar surface area (TPSA) is 0 Å². The van der Waals surface area contributed by atoms with Gasteiger partial charge in [-0.3, -0.25) is 0 Å². The first kappa shape index (κ1) is 23.0. The number of allylic oxidation sites excluding steroid dienone is 4. The Kier molecular flexibility index (Phi) is 9.56. The third kappa shape index (κ3) is 7.98. The van der Waals surface area contributed by atoms with Crippen LogP contribution in [0.2, 0.25) is 0 Å². The maximum Gasteiger partial charge on any atom is -0.0162 e. The molecule has 0 radical (unpaired) electrons. The molecule has 1 aliphatic carbocycles. The van der Waals surface area contributed by atoms with E-state index in [1.54, 1.807) is 5.56 Å². The van der Waals surface area contributed by atoms with Crippen molar-refractivity contribution in [3.63, 3.8) is 0 Å². The number of hydrogen-bond acceptors (Lipinski definition) is 0. The van der Waals surface area contributed by atoms with E-state index in [1.165, 1.54) is 44.1 Å². The highest BCUT2D eigenvalue weighted by Crippen LogP contribution is 2.36. The summed E-state index contributed by atoms with van der Waals surface area (Å²) in [6, 6.07) is 9.22. The average molecular weight is 381 g/mol. The van der Waals surface area contributed by atoms with E-state index in [2.05, 4.69) is 90.1 Å². The van der Waals surface area contributed by atoms with E-state index in [-0.39, 0.29) is 0 Å². The van der Waals surface area contributed by atoms with Crippen LogP contribution in [0.25, 0.3) is 0 Å². The molecule has 3 atom stereocenters. The van der Waals surface area contributed by atoms with Crippen LogP contribution in [0.1, 0.15) is 90.2 Å². The summed E-state index contributed by atoms with van der Waals surface area (Å²) < 4.78 is 0. The molecule has 0 nitrogen and oxygen atoms in total. The molecule has 3 unspecified atom stereocenters. The van der Waals surface area contributed by atoms with Crippen molar-refractivity contribution in [2.45, 2.75) is 86.0 Å². The van der Waals surface area contributed by atoms with E-state index in [1.807, 2.05) is 0 Å². The van der Waals surface area contributed by atoms with Gasteiger partial charge in [0.2, 0.25) is 0 Å². The minimum Gasteiger partial charge on any atom is -0.0857 e. The van der Waals surface area contributed by atoms with Crippen LogP contribution in [0.3, 0.4) is 0 Å². The lowest BCUT2D eigenvalue weighted by Crippen LogP contribution is -2.12. The molecule has 1 fully saturated rings. The van der Waals surface area contributed by atoms with E-state index in [9.17, 15) is 0 Å². The molecule has 0 spiro atoms. The molecule has 0 bridgehead atoms. The second-order valence-corrected chi connectivity index (χ2v) is 9.93. The van der Waals surface area contributed by atoms with Gasteiger partial charge in [-0.05, 0) is 86.5 Å². The minimum absolute atomic E-state index is 0.664. The molecule has 2 rings (SSSR count). The Morgan fingerprint density at radius 2 is 1.46 bits per heavy atom. The fraction of sp³-hybridized carbons (Fsp3) is 0.643. The highest BCUT2D eigenvalue weighted by molar-refractivity contribution is 5.25. The average Bonchev–Trinajstić information content (AvgIpc) is 2.69. The smallest absolute Gasteiger partial charge is 0.0162 e. The Morgan fingerprint density at radius 3 is 2.07 bits per heavy atom. The van der Waals surface area contributed by atoms with Crippen LogP contribution in [0, 0.1) is 36.5 Å². The molecule has 0 heteroatoms. The molecule has 1 saturated carbocycles. The Morgan fingerprint density at radius 1 is 0.821 bits per heavy atom. The van der Waals surface area contributed by atoms with Crippen molar-refractivity contribution in [1.82, 2.24) is 0 Å². The predicted octanol–water partition coefficient (Wildman–Crippen LogP) is 8.73. The highest BCUT2D eigenvalue weighted by atomic mass is 14.3. The maximum atomic E-state index is 2.54. The Hall–Kier alpha value is -1.30. The molecular weight excluding hydrogens is 336 g/mol. The number of hydrogen-bond donors (Lipinski definition) is 0. The van der Waals surface area contributed by atoms with E-state index in [4.69, 9.17) is 0 Å². The van der Waals surface area contributed by atoms with Gasteiger partial charge in [0.15, 0.2) is 0 Å². The minimum atomic E-state index is 0.664. The van der Waals surface area contributed by atoms with Gasteiger partial charge < -0.3 is 0 Å². The summed E-state index contributed by atoms with van der Waals surface area (Å²) in [5, 5.41) is 0. The molecule has 0 aliphatic heterocycles. The summed E-state index contributed by atoms with van der Waals surface area (Å²) in [6.07, 6.45) is 17.9. The molecule has 1 aliphatic rings. The van der Waals surface area contributed by atoms with Crippen molar-refractivity contribution in [1.29, 1.82) is 0 Å². The second-order valence-electron chi connectivity index (χ2n) is 9.93. The quantitative estimate of drug-likeness (QED) is 0.376. The monoisotopic (exact) mass is 380 g/mol. The molecule has 0 amide bonds. The lowest BCUT2D eigenvalue weighted by atomic mass is 9.78. The summed E-state index contributed by atoms with van der Waals surface area (Å²) in [5.41, 5.74) is 2.92. The fourth-order valence-electron chi connectivity index (χ4n) is 4.30. The van der Waals surface area contributed by atoms with E-state index in [0.29, 0.717) is 17.8 Å². The molecular formula is C28H44. The zero-order valence-electron chi connectivity index (χ0n) is 19.3. The zero-order chi connectivity index (χ0) is 20.5. The third-order valence-electron chi connectivity index (χ3n) is 6.81. The molecule has 28 heavy (non-hydrogen) atoms. The van der Waals surface area contributed by atoms with Crippen LogP contribution in [0.4, 0.5) is 0 Å². The van der Waals surface area contributed by atoms with Crippen molar-refractivity contribution in [3.05, 3.63) is 59.7 Å².